The van der Waals surface area contributed by atoms with Gasteiger partial charge in [0.2, 0.25) is 0 Å². The van der Waals surface area contributed by atoms with Crippen LogP contribution in [0.15, 0.2) is 48.8 Å². The number of nitrogens with zero attached hydrogens (tertiary/aromatic N) is 3. The summed E-state index contributed by atoms with van der Waals surface area (Å²) in [5, 5.41) is 0. The molecule has 4 heteroatoms. The molecule has 1 saturated heterocycles. The van der Waals surface area contributed by atoms with Gasteiger partial charge in [0.05, 0.1) is 6.20 Å². The Labute approximate surface area is 138 Å². The lowest BCUT2D eigenvalue weighted by Crippen LogP contribution is -2.44. The van der Waals surface area contributed by atoms with Gasteiger partial charge in [-0.05, 0) is 50.2 Å². The zero-order chi connectivity index (χ0) is 15.9. The molecule has 2 heterocycles. The van der Waals surface area contributed by atoms with Crippen LogP contribution in [0.2, 0.25) is 0 Å². The molecular weight excluding hydrogens is 286 g/mol. The second-order valence-corrected chi connectivity index (χ2v) is 6.15. The van der Waals surface area contributed by atoms with Crippen LogP contribution in [0.25, 0.3) is 0 Å². The van der Waals surface area contributed by atoms with Crippen LogP contribution in [0.1, 0.15) is 12.0 Å². The molecule has 1 fully saturated rings. The molecule has 2 aromatic rings. The van der Waals surface area contributed by atoms with E-state index in [0.717, 1.165) is 30.9 Å². The van der Waals surface area contributed by atoms with E-state index in [4.69, 9.17) is 4.74 Å². The molecule has 3 rings (SSSR count). The van der Waals surface area contributed by atoms with E-state index in [0.29, 0.717) is 0 Å². The predicted octanol–water partition coefficient (Wildman–Crippen LogP) is 3.05. The standard InChI is InChI=1S/C19H25N3O/c1-21-12-14-22(15-13-21)11-5-7-17-6-2-3-9-19(17)23-18-8-4-10-20-16-18/h2-4,6,8-10,16H,5,7,11-15H2,1H3. The lowest BCUT2D eigenvalue weighted by molar-refractivity contribution is 0.153. The minimum absolute atomic E-state index is 0.791. The molecular formula is C19H25N3O. The largest absolute Gasteiger partial charge is 0.455 e. The molecule has 1 aliphatic rings. The molecule has 0 radical (unpaired) electrons. The third kappa shape index (κ3) is 4.78. The van der Waals surface area contributed by atoms with E-state index >= 15 is 0 Å². The SMILES string of the molecule is CN1CCN(CCCc2ccccc2Oc2cccnc2)CC1. The molecule has 23 heavy (non-hydrogen) atoms. The van der Waals surface area contributed by atoms with Gasteiger partial charge in [-0.2, -0.15) is 0 Å². The van der Waals surface area contributed by atoms with Gasteiger partial charge in [-0.15, -0.1) is 0 Å². The number of ether oxygens (including phenoxy) is 1. The van der Waals surface area contributed by atoms with Crippen LogP contribution in [-0.4, -0.2) is 54.6 Å². The van der Waals surface area contributed by atoms with E-state index in [1.54, 1.807) is 12.4 Å². The Morgan fingerprint density at radius 3 is 2.65 bits per heavy atom. The Morgan fingerprint density at radius 2 is 1.87 bits per heavy atom. The van der Waals surface area contributed by atoms with Crippen LogP contribution in [0.3, 0.4) is 0 Å². The van der Waals surface area contributed by atoms with Crippen molar-refractivity contribution in [2.24, 2.45) is 0 Å². The number of hydrogen-bond acceptors (Lipinski definition) is 4. The molecule has 0 amide bonds. The van der Waals surface area contributed by atoms with Gasteiger partial charge in [0.25, 0.3) is 0 Å². The molecule has 1 aliphatic heterocycles. The van der Waals surface area contributed by atoms with Gasteiger partial charge in [0.1, 0.15) is 11.5 Å². The number of aryl methyl sites for hydroxylation is 1. The van der Waals surface area contributed by atoms with Crippen molar-refractivity contribution in [2.45, 2.75) is 12.8 Å². The van der Waals surface area contributed by atoms with E-state index in [9.17, 15) is 0 Å². The Hall–Kier alpha value is -1.91. The molecule has 1 aromatic heterocycles. The lowest BCUT2D eigenvalue weighted by atomic mass is 10.1. The van der Waals surface area contributed by atoms with Crippen molar-refractivity contribution in [1.29, 1.82) is 0 Å². The highest BCUT2D eigenvalue weighted by molar-refractivity contribution is 5.37. The van der Waals surface area contributed by atoms with Crippen molar-refractivity contribution >= 4 is 0 Å². The molecule has 1 aromatic carbocycles. The molecule has 0 N–H and O–H groups in total. The number of likely N-dealkylation sites (N-methyl/N-ethyl adjacent to an activating group) is 1. The van der Waals surface area contributed by atoms with Crippen LogP contribution in [-0.2, 0) is 6.42 Å². The summed E-state index contributed by atoms with van der Waals surface area (Å²) in [6.45, 7) is 5.89. The fourth-order valence-corrected chi connectivity index (χ4v) is 2.91. The van der Waals surface area contributed by atoms with Crippen LogP contribution in [0.5, 0.6) is 11.5 Å². The molecule has 122 valence electrons. The minimum atomic E-state index is 0.791. The van der Waals surface area contributed by atoms with E-state index in [1.165, 1.54) is 31.7 Å². The first-order valence-electron chi connectivity index (χ1n) is 8.38. The predicted molar refractivity (Wildman–Crippen MR) is 93.0 cm³/mol. The fraction of sp³-hybridized carbons (Fsp3) is 0.421. The first-order valence-corrected chi connectivity index (χ1v) is 8.38. The highest BCUT2D eigenvalue weighted by atomic mass is 16.5. The highest BCUT2D eigenvalue weighted by Crippen LogP contribution is 2.25. The van der Waals surface area contributed by atoms with Gasteiger partial charge in [-0.25, -0.2) is 0 Å². The quantitative estimate of drug-likeness (QED) is 0.820. The number of aromatic nitrogens is 1. The van der Waals surface area contributed by atoms with Crippen molar-refractivity contribution in [3.63, 3.8) is 0 Å². The monoisotopic (exact) mass is 311 g/mol. The lowest BCUT2D eigenvalue weighted by Gasteiger charge is -2.32. The van der Waals surface area contributed by atoms with Crippen LogP contribution >= 0.6 is 0 Å². The summed E-state index contributed by atoms with van der Waals surface area (Å²) < 4.78 is 5.98. The van der Waals surface area contributed by atoms with Crippen molar-refractivity contribution in [1.82, 2.24) is 14.8 Å². The smallest absolute Gasteiger partial charge is 0.145 e. The van der Waals surface area contributed by atoms with Gasteiger partial charge in [-0.1, -0.05) is 18.2 Å². The molecule has 0 aliphatic carbocycles. The second kappa shape index (κ2) is 8.09. The van der Waals surface area contributed by atoms with Gasteiger partial charge >= 0.3 is 0 Å². The number of hydrogen-bond donors (Lipinski definition) is 0. The summed E-state index contributed by atoms with van der Waals surface area (Å²) >= 11 is 0. The fourth-order valence-electron chi connectivity index (χ4n) is 2.91. The number of para-hydroxylation sites is 1. The summed E-state index contributed by atoms with van der Waals surface area (Å²) in [5.74, 6) is 1.73. The normalized spacial score (nSPS) is 16.4. The molecule has 0 unspecified atom stereocenters. The van der Waals surface area contributed by atoms with E-state index in [2.05, 4.69) is 34.0 Å². The van der Waals surface area contributed by atoms with E-state index in [1.807, 2.05) is 24.3 Å². The maximum atomic E-state index is 5.98. The minimum Gasteiger partial charge on any atom is -0.455 e. The Morgan fingerprint density at radius 1 is 1.04 bits per heavy atom. The van der Waals surface area contributed by atoms with Gasteiger partial charge in [-0.3, -0.25) is 4.98 Å². The molecule has 0 atom stereocenters. The third-order valence-corrected chi connectivity index (χ3v) is 4.35. The van der Waals surface area contributed by atoms with Gasteiger partial charge < -0.3 is 14.5 Å². The van der Waals surface area contributed by atoms with Crippen LogP contribution in [0, 0.1) is 0 Å². The summed E-state index contributed by atoms with van der Waals surface area (Å²) in [5.41, 5.74) is 1.27. The van der Waals surface area contributed by atoms with Crippen molar-refractivity contribution in [3.8, 4) is 11.5 Å². The second-order valence-electron chi connectivity index (χ2n) is 6.15. The Balaban J connectivity index is 1.53. The molecule has 4 nitrogen and oxygen atoms in total. The van der Waals surface area contributed by atoms with Gasteiger partial charge in [0.15, 0.2) is 0 Å². The number of pyridine rings is 1. The zero-order valence-electron chi connectivity index (χ0n) is 13.8. The van der Waals surface area contributed by atoms with Crippen LogP contribution < -0.4 is 4.74 Å². The summed E-state index contributed by atoms with van der Waals surface area (Å²) in [4.78, 5) is 9.06. The average molecular weight is 311 g/mol. The Bertz CT molecular complexity index is 595. The van der Waals surface area contributed by atoms with E-state index < -0.39 is 0 Å². The van der Waals surface area contributed by atoms with Crippen molar-refractivity contribution in [2.75, 3.05) is 39.8 Å². The number of piperazine rings is 1. The highest BCUT2D eigenvalue weighted by Gasteiger charge is 2.13. The molecule has 0 bridgehead atoms. The first kappa shape index (κ1) is 16.0. The number of benzene rings is 1. The molecule has 0 saturated carbocycles. The maximum Gasteiger partial charge on any atom is 0.145 e. The first-order chi connectivity index (χ1) is 11.3. The third-order valence-electron chi connectivity index (χ3n) is 4.35. The summed E-state index contributed by atoms with van der Waals surface area (Å²) in [7, 11) is 2.20. The zero-order valence-corrected chi connectivity index (χ0v) is 13.8. The maximum absolute atomic E-state index is 5.98. The average Bonchev–Trinajstić information content (AvgIpc) is 2.59. The van der Waals surface area contributed by atoms with Crippen molar-refractivity contribution < 1.29 is 4.74 Å². The summed E-state index contributed by atoms with van der Waals surface area (Å²) in [6, 6.07) is 12.1. The van der Waals surface area contributed by atoms with E-state index in [-0.39, 0.29) is 0 Å². The van der Waals surface area contributed by atoms with Gasteiger partial charge in [0, 0.05) is 32.4 Å². The number of rotatable bonds is 6. The summed E-state index contributed by atoms with van der Waals surface area (Å²) in [6.07, 6.45) is 5.72. The topological polar surface area (TPSA) is 28.6 Å². The molecule has 0 spiro atoms. The Kier molecular flexibility index (Phi) is 5.61. The van der Waals surface area contributed by atoms with Crippen molar-refractivity contribution in [3.05, 3.63) is 54.4 Å². The van der Waals surface area contributed by atoms with Crippen LogP contribution in [0.4, 0.5) is 0 Å².